The molecule has 0 aliphatic rings. The molecule has 182 valence electrons. The number of benzene rings is 4. The van der Waals surface area contributed by atoms with Crippen molar-refractivity contribution < 1.29 is 24.5 Å². The fourth-order valence-corrected chi connectivity index (χ4v) is 3.96. The molecule has 0 radical (unpaired) electrons. The summed E-state index contributed by atoms with van der Waals surface area (Å²) < 4.78 is 5.30. The van der Waals surface area contributed by atoms with Crippen LogP contribution in [0.2, 0.25) is 0 Å². The Morgan fingerprint density at radius 1 is 0.806 bits per heavy atom. The molecule has 0 unspecified atom stereocenters. The van der Waals surface area contributed by atoms with Crippen molar-refractivity contribution in [3.05, 3.63) is 119 Å². The number of carbonyl (C=O) groups is 2. The van der Waals surface area contributed by atoms with E-state index in [-0.39, 0.29) is 17.2 Å². The summed E-state index contributed by atoms with van der Waals surface area (Å²) >= 11 is 0. The van der Waals surface area contributed by atoms with Crippen LogP contribution in [0.4, 0.5) is 0 Å². The summed E-state index contributed by atoms with van der Waals surface area (Å²) in [5.41, 5.74) is 5.00. The average molecular weight is 482 g/mol. The van der Waals surface area contributed by atoms with Gasteiger partial charge in [-0.15, -0.1) is 0 Å². The molecule has 4 aromatic rings. The van der Waals surface area contributed by atoms with Crippen LogP contribution in [0.15, 0.2) is 91.0 Å². The van der Waals surface area contributed by atoms with Gasteiger partial charge in [-0.25, -0.2) is 4.79 Å². The van der Waals surface area contributed by atoms with E-state index in [1.807, 2.05) is 55.5 Å². The topological polar surface area (TPSA) is 87.1 Å². The van der Waals surface area contributed by atoms with Gasteiger partial charge in [0, 0.05) is 18.7 Å². The highest BCUT2D eigenvalue weighted by atomic mass is 16.5. The summed E-state index contributed by atoms with van der Waals surface area (Å²) in [6, 6.07) is 27.3. The average Bonchev–Trinajstić information content (AvgIpc) is 2.89. The van der Waals surface area contributed by atoms with Gasteiger partial charge in [0.1, 0.15) is 17.1 Å². The van der Waals surface area contributed by atoms with E-state index in [9.17, 15) is 19.8 Å². The van der Waals surface area contributed by atoms with Crippen molar-refractivity contribution in [3.8, 4) is 22.6 Å². The van der Waals surface area contributed by atoms with Gasteiger partial charge in [0.25, 0.3) is 5.91 Å². The van der Waals surface area contributed by atoms with Crippen molar-refractivity contribution in [3.63, 3.8) is 0 Å². The van der Waals surface area contributed by atoms with Gasteiger partial charge in [-0.2, -0.15) is 0 Å². The summed E-state index contributed by atoms with van der Waals surface area (Å²) in [5.74, 6) is -0.947. The van der Waals surface area contributed by atoms with E-state index in [1.54, 1.807) is 42.3 Å². The molecule has 0 heterocycles. The van der Waals surface area contributed by atoms with E-state index in [4.69, 9.17) is 4.74 Å². The summed E-state index contributed by atoms with van der Waals surface area (Å²) in [6.45, 7) is 2.86. The Labute approximate surface area is 210 Å². The largest absolute Gasteiger partial charge is 0.507 e. The van der Waals surface area contributed by atoms with Crippen LogP contribution in [-0.4, -0.2) is 34.1 Å². The monoisotopic (exact) mass is 481 g/mol. The Morgan fingerprint density at radius 2 is 1.42 bits per heavy atom. The van der Waals surface area contributed by atoms with Crippen LogP contribution in [0.5, 0.6) is 11.5 Å². The molecule has 0 aromatic heterocycles. The first-order chi connectivity index (χ1) is 17.3. The zero-order valence-corrected chi connectivity index (χ0v) is 20.1. The molecule has 2 N–H and O–H groups in total. The third-order valence-electron chi connectivity index (χ3n) is 5.99. The molecule has 0 aliphatic heterocycles. The van der Waals surface area contributed by atoms with Gasteiger partial charge in [-0.3, -0.25) is 4.79 Å². The minimum absolute atomic E-state index is 0.108. The van der Waals surface area contributed by atoms with E-state index in [0.29, 0.717) is 30.0 Å². The number of methoxy groups -OCH3 is 1. The summed E-state index contributed by atoms with van der Waals surface area (Å²) in [5, 5.41) is 19.1. The summed E-state index contributed by atoms with van der Waals surface area (Å²) in [4.78, 5) is 26.7. The van der Waals surface area contributed by atoms with Crippen LogP contribution in [0.1, 0.15) is 37.4 Å². The van der Waals surface area contributed by atoms with Gasteiger partial charge in [-0.05, 0) is 59.5 Å². The van der Waals surface area contributed by atoms with E-state index in [1.165, 1.54) is 12.1 Å². The van der Waals surface area contributed by atoms with Gasteiger partial charge in [0.2, 0.25) is 0 Å². The maximum atomic E-state index is 13.5. The third kappa shape index (κ3) is 5.73. The number of phenols is 1. The Balaban J connectivity index is 1.60. The number of aromatic hydroxyl groups is 1. The zero-order valence-electron chi connectivity index (χ0n) is 20.1. The first kappa shape index (κ1) is 24.5. The Morgan fingerprint density at radius 3 is 2.03 bits per heavy atom. The van der Waals surface area contributed by atoms with Crippen LogP contribution in [0.25, 0.3) is 11.1 Å². The molecule has 6 nitrogen and oxygen atoms in total. The second-order valence-corrected chi connectivity index (χ2v) is 8.61. The Bertz CT molecular complexity index is 1380. The molecular weight excluding hydrogens is 454 g/mol. The first-order valence-corrected chi connectivity index (χ1v) is 11.5. The highest BCUT2D eigenvalue weighted by Gasteiger charge is 2.18. The lowest BCUT2D eigenvalue weighted by molar-refractivity contribution is 0.0692. The smallest absolute Gasteiger partial charge is 0.339 e. The van der Waals surface area contributed by atoms with Crippen molar-refractivity contribution in [2.75, 3.05) is 7.11 Å². The molecular formula is C30H27NO5. The van der Waals surface area contributed by atoms with Crippen LogP contribution < -0.4 is 4.74 Å². The van der Waals surface area contributed by atoms with Crippen molar-refractivity contribution in [2.24, 2.45) is 0 Å². The molecule has 0 saturated heterocycles. The quantitative estimate of drug-likeness (QED) is 0.326. The first-order valence-electron chi connectivity index (χ1n) is 11.5. The number of carboxylic acid groups (broad SMARTS) is 1. The number of ether oxygens (including phenoxy) is 1. The summed E-state index contributed by atoms with van der Waals surface area (Å²) in [7, 11) is 1.57. The van der Waals surface area contributed by atoms with E-state index < -0.39 is 5.97 Å². The number of hydrogen-bond acceptors (Lipinski definition) is 4. The van der Waals surface area contributed by atoms with E-state index in [2.05, 4.69) is 0 Å². The van der Waals surface area contributed by atoms with Crippen LogP contribution in [-0.2, 0) is 13.1 Å². The number of carboxylic acids is 1. The van der Waals surface area contributed by atoms with E-state index in [0.717, 1.165) is 22.3 Å². The molecule has 0 aliphatic carbocycles. The number of aryl methyl sites for hydroxylation is 1. The SMILES string of the molecule is COc1cccc(C(=O)N(Cc2ccc(C)cc2)Cc2ccc(-c3ccc(O)c(C(=O)O)c3)cc2)c1. The number of nitrogens with zero attached hydrogens (tertiary/aromatic N) is 1. The van der Waals surface area contributed by atoms with Crippen molar-refractivity contribution in [2.45, 2.75) is 20.0 Å². The van der Waals surface area contributed by atoms with Gasteiger partial charge in [0.05, 0.1) is 7.11 Å². The number of rotatable bonds is 8. The van der Waals surface area contributed by atoms with Gasteiger partial charge in [0.15, 0.2) is 0 Å². The number of hydrogen-bond donors (Lipinski definition) is 2. The number of carbonyl (C=O) groups excluding carboxylic acids is 1. The maximum Gasteiger partial charge on any atom is 0.339 e. The second-order valence-electron chi connectivity index (χ2n) is 8.61. The third-order valence-corrected chi connectivity index (χ3v) is 5.99. The van der Waals surface area contributed by atoms with Crippen molar-refractivity contribution in [1.82, 2.24) is 4.90 Å². The zero-order chi connectivity index (χ0) is 25.7. The van der Waals surface area contributed by atoms with Crippen LogP contribution in [0, 0.1) is 6.92 Å². The maximum absolute atomic E-state index is 13.5. The molecule has 36 heavy (non-hydrogen) atoms. The fraction of sp³-hybridized carbons (Fsp3) is 0.133. The summed E-state index contributed by atoms with van der Waals surface area (Å²) in [6.07, 6.45) is 0. The molecule has 4 aromatic carbocycles. The molecule has 4 rings (SSSR count). The molecule has 0 atom stereocenters. The van der Waals surface area contributed by atoms with Gasteiger partial charge in [-0.1, -0.05) is 66.2 Å². The van der Waals surface area contributed by atoms with Crippen molar-refractivity contribution >= 4 is 11.9 Å². The van der Waals surface area contributed by atoms with Gasteiger partial charge < -0.3 is 19.8 Å². The number of aromatic carboxylic acids is 1. The lowest BCUT2D eigenvalue weighted by Gasteiger charge is -2.24. The highest BCUT2D eigenvalue weighted by Crippen LogP contribution is 2.27. The lowest BCUT2D eigenvalue weighted by Crippen LogP contribution is -2.30. The predicted octanol–water partition coefficient (Wildman–Crippen LogP) is 5.92. The normalized spacial score (nSPS) is 10.6. The minimum atomic E-state index is -1.19. The molecule has 0 fully saturated rings. The van der Waals surface area contributed by atoms with E-state index >= 15 is 0 Å². The highest BCUT2D eigenvalue weighted by molar-refractivity contribution is 5.94. The second kappa shape index (κ2) is 10.8. The molecule has 0 saturated carbocycles. The van der Waals surface area contributed by atoms with Gasteiger partial charge >= 0.3 is 5.97 Å². The van der Waals surface area contributed by atoms with Crippen molar-refractivity contribution in [1.29, 1.82) is 0 Å². The fourth-order valence-electron chi connectivity index (χ4n) is 3.96. The molecule has 0 spiro atoms. The lowest BCUT2D eigenvalue weighted by atomic mass is 10.0. The molecule has 6 heteroatoms. The Hall–Kier alpha value is -4.58. The minimum Gasteiger partial charge on any atom is -0.507 e. The van der Waals surface area contributed by atoms with Crippen LogP contribution in [0.3, 0.4) is 0 Å². The number of amides is 1. The molecule has 1 amide bonds. The Kier molecular flexibility index (Phi) is 7.35. The van der Waals surface area contributed by atoms with Crippen LogP contribution >= 0.6 is 0 Å². The molecule has 0 bridgehead atoms. The predicted molar refractivity (Wildman–Crippen MR) is 138 cm³/mol. The standard InChI is InChI=1S/C30H27NO5/c1-20-6-8-21(9-7-20)18-31(29(33)25-4-3-5-26(16-25)36-2)19-22-10-12-23(13-11-22)24-14-15-28(32)27(17-24)30(34)35/h3-17,32H,18-19H2,1-2H3,(H,34,35).